The molecule has 0 aromatic heterocycles. The highest BCUT2D eigenvalue weighted by Crippen LogP contribution is 2.17. The van der Waals surface area contributed by atoms with E-state index in [4.69, 9.17) is 0 Å². The number of benzene rings is 1. The first-order valence-corrected chi connectivity index (χ1v) is 7.67. The Labute approximate surface area is 133 Å². The van der Waals surface area contributed by atoms with Crippen molar-refractivity contribution in [3.63, 3.8) is 0 Å². The Morgan fingerprint density at radius 3 is 2.65 bits per heavy atom. The summed E-state index contributed by atoms with van der Waals surface area (Å²) >= 11 is 0. The summed E-state index contributed by atoms with van der Waals surface area (Å²) in [6, 6.07) is 5.62. The number of halogens is 2. The number of carbonyl (C=O) groups is 2. The van der Waals surface area contributed by atoms with Gasteiger partial charge in [-0.1, -0.05) is 25.3 Å². The summed E-state index contributed by atoms with van der Waals surface area (Å²) in [5, 5.41) is 5.36. The van der Waals surface area contributed by atoms with E-state index in [1.54, 1.807) is 0 Å². The molecule has 1 aliphatic rings. The lowest BCUT2D eigenvalue weighted by molar-refractivity contribution is -0.121. The van der Waals surface area contributed by atoms with Gasteiger partial charge >= 0.3 is 6.61 Å². The maximum atomic E-state index is 12.2. The summed E-state index contributed by atoms with van der Waals surface area (Å²) < 4.78 is 28.5. The second-order valence-electron chi connectivity index (χ2n) is 5.49. The first-order valence-electron chi connectivity index (χ1n) is 7.67. The Hall–Kier alpha value is -2.18. The molecular weight excluding hydrogens is 306 g/mol. The predicted octanol–water partition coefficient (Wildman–Crippen LogP) is 2.47. The largest absolute Gasteiger partial charge is 0.435 e. The minimum atomic E-state index is -2.95. The normalized spacial score (nSPS) is 15.3. The van der Waals surface area contributed by atoms with Crippen LogP contribution in [-0.2, 0) is 4.79 Å². The zero-order chi connectivity index (χ0) is 16.7. The summed E-state index contributed by atoms with van der Waals surface area (Å²) in [7, 11) is 0. The van der Waals surface area contributed by atoms with Gasteiger partial charge in [0.1, 0.15) is 5.75 Å². The van der Waals surface area contributed by atoms with Crippen molar-refractivity contribution < 1.29 is 23.1 Å². The van der Waals surface area contributed by atoms with Gasteiger partial charge in [-0.15, -0.1) is 0 Å². The zero-order valence-electron chi connectivity index (χ0n) is 12.7. The molecule has 0 bridgehead atoms. The van der Waals surface area contributed by atoms with E-state index in [2.05, 4.69) is 15.4 Å². The second kappa shape index (κ2) is 8.45. The smallest absolute Gasteiger partial charge is 0.387 e. The Balaban J connectivity index is 1.80. The fraction of sp³-hybridized carbons (Fsp3) is 0.500. The molecule has 7 heteroatoms. The van der Waals surface area contributed by atoms with Gasteiger partial charge in [0, 0.05) is 11.6 Å². The molecule has 2 amide bonds. The number of ether oxygens (including phenoxy) is 1. The Morgan fingerprint density at radius 1 is 1.22 bits per heavy atom. The van der Waals surface area contributed by atoms with E-state index < -0.39 is 12.5 Å². The standard InChI is InChI=1S/C16H20F2N2O3/c17-16(18)23-13-8-4-5-11(9-13)15(22)19-10-14(21)20-12-6-2-1-3-7-12/h4-5,8-9,12,16H,1-3,6-7,10H2,(H,19,22)(H,20,21). The van der Waals surface area contributed by atoms with Crippen molar-refractivity contribution >= 4 is 11.8 Å². The third-order valence-electron chi connectivity index (χ3n) is 3.70. The maximum absolute atomic E-state index is 12.2. The van der Waals surface area contributed by atoms with Crippen molar-refractivity contribution in [2.24, 2.45) is 0 Å². The lowest BCUT2D eigenvalue weighted by Crippen LogP contribution is -2.42. The van der Waals surface area contributed by atoms with Crippen LogP contribution >= 0.6 is 0 Å². The molecule has 126 valence electrons. The van der Waals surface area contributed by atoms with Crippen molar-refractivity contribution in [3.8, 4) is 5.75 Å². The molecular formula is C16H20F2N2O3. The van der Waals surface area contributed by atoms with Crippen LogP contribution in [0.25, 0.3) is 0 Å². The molecule has 2 N–H and O–H groups in total. The molecule has 1 saturated carbocycles. The Morgan fingerprint density at radius 2 is 1.96 bits per heavy atom. The lowest BCUT2D eigenvalue weighted by Gasteiger charge is -2.22. The Bertz CT molecular complexity index is 546. The van der Waals surface area contributed by atoms with E-state index in [1.165, 1.54) is 30.7 Å². The highest BCUT2D eigenvalue weighted by atomic mass is 19.3. The van der Waals surface area contributed by atoms with Gasteiger partial charge in [-0.05, 0) is 31.0 Å². The molecule has 0 unspecified atom stereocenters. The monoisotopic (exact) mass is 326 g/mol. The average Bonchev–Trinajstić information content (AvgIpc) is 2.53. The van der Waals surface area contributed by atoms with Gasteiger partial charge < -0.3 is 15.4 Å². The number of hydrogen-bond donors (Lipinski definition) is 2. The van der Waals surface area contributed by atoms with Gasteiger partial charge in [0.15, 0.2) is 0 Å². The van der Waals surface area contributed by atoms with E-state index in [0.717, 1.165) is 25.7 Å². The lowest BCUT2D eigenvalue weighted by atomic mass is 9.95. The fourth-order valence-corrected chi connectivity index (χ4v) is 2.60. The first-order chi connectivity index (χ1) is 11.0. The van der Waals surface area contributed by atoms with E-state index in [9.17, 15) is 18.4 Å². The van der Waals surface area contributed by atoms with E-state index in [-0.39, 0.29) is 29.8 Å². The van der Waals surface area contributed by atoms with E-state index >= 15 is 0 Å². The molecule has 0 atom stereocenters. The minimum absolute atomic E-state index is 0.0979. The fourth-order valence-electron chi connectivity index (χ4n) is 2.60. The van der Waals surface area contributed by atoms with Crippen LogP contribution in [0.3, 0.4) is 0 Å². The SMILES string of the molecule is O=C(CNC(=O)c1cccc(OC(F)F)c1)NC1CCCCC1. The molecule has 23 heavy (non-hydrogen) atoms. The second-order valence-corrected chi connectivity index (χ2v) is 5.49. The molecule has 5 nitrogen and oxygen atoms in total. The predicted molar refractivity (Wildman–Crippen MR) is 80.4 cm³/mol. The summed E-state index contributed by atoms with van der Waals surface area (Å²) in [5.74, 6) is -0.854. The molecule has 0 spiro atoms. The number of carbonyl (C=O) groups excluding carboxylic acids is 2. The number of alkyl halides is 2. The molecule has 2 rings (SSSR count). The van der Waals surface area contributed by atoms with Crippen LogP contribution in [0, 0.1) is 0 Å². The number of nitrogens with one attached hydrogen (secondary N) is 2. The maximum Gasteiger partial charge on any atom is 0.387 e. The molecule has 1 aromatic carbocycles. The van der Waals surface area contributed by atoms with E-state index in [0.29, 0.717) is 0 Å². The molecule has 0 heterocycles. The summed E-state index contributed by atoms with van der Waals surface area (Å²) in [5.41, 5.74) is 0.161. The number of rotatable bonds is 6. The van der Waals surface area contributed by atoms with Crippen LogP contribution in [0.4, 0.5) is 8.78 Å². The van der Waals surface area contributed by atoms with Crippen LogP contribution < -0.4 is 15.4 Å². The Kier molecular flexibility index (Phi) is 6.31. The van der Waals surface area contributed by atoms with E-state index in [1.807, 2.05) is 0 Å². The third-order valence-corrected chi connectivity index (χ3v) is 3.70. The molecule has 0 aliphatic heterocycles. The quantitative estimate of drug-likeness (QED) is 0.844. The van der Waals surface area contributed by atoms with Crippen molar-refractivity contribution in [2.75, 3.05) is 6.54 Å². The summed E-state index contributed by atoms with van der Waals surface area (Å²) in [4.78, 5) is 23.8. The van der Waals surface area contributed by atoms with Gasteiger partial charge in [0.2, 0.25) is 5.91 Å². The van der Waals surface area contributed by atoms with Crippen molar-refractivity contribution in [3.05, 3.63) is 29.8 Å². The average molecular weight is 326 g/mol. The van der Waals surface area contributed by atoms with Crippen molar-refractivity contribution in [2.45, 2.75) is 44.8 Å². The number of hydrogen-bond acceptors (Lipinski definition) is 3. The van der Waals surface area contributed by atoms with Gasteiger partial charge in [-0.25, -0.2) is 0 Å². The van der Waals surface area contributed by atoms with Crippen LogP contribution in [0.2, 0.25) is 0 Å². The zero-order valence-corrected chi connectivity index (χ0v) is 12.7. The highest BCUT2D eigenvalue weighted by Gasteiger charge is 2.16. The molecule has 0 saturated heterocycles. The molecule has 1 fully saturated rings. The third kappa shape index (κ3) is 5.84. The summed E-state index contributed by atoms with van der Waals surface area (Å²) in [6.07, 6.45) is 5.34. The van der Waals surface area contributed by atoms with Crippen LogP contribution in [0.5, 0.6) is 5.75 Å². The van der Waals surface area contributed by atoms with Gasteiger partial charge in [-0.2, -0.15) is 8.78 Å². The summed E-state index contributed by atoms with van der Waals surface area (Å²) in [6.45, 7) is -3.09. The van der Waals surface area contributed by atoms with Crippen molar-refractivity contribution in [1.29, 1.82) is 0 Å². The van der Waals surface area contributed by atoms with Gasteiger partial charge in [0.25, 0.3) is 5.91 Å². The topological polar surface area (TPSA) is 67.4 Å². The first kappa shape index (κ1) is 17.2. The minimum Gasteiger partial charge on any atom is -0.435 e. The van der Waals surface area contributed by atoms with Gasteiger partial charge in [-0.3, -0.25) is 9.59 Å². The molecule has 0 radical (unpaired) electrons. The van der Waals surface area contributed by atoms with Gasteiger partial charge in [0.05, 0.1) is 6.54 Å². The molecule has 1 aromatic rings. The van der Waals surface area contributed by atoms with Crippen molar-refractivity contribution in [1.82, 2.24) is 10.6 Å². The highest BCUT2D eigenvalue weighted by molar-refractivity contribution is 5.96. The molecule has 1 aliphatic carbocycles. The van der Waals surface area contributed by atoms with Crippen LogP contribution in [0.15, 0.2) is 24.3 Å². The van der Waals surface area contributed by atoms with Crippen LogP contribution in [-0.4, -0.2) is 31.0 Å². The van der Waals surface area contributed by atoms with Crippen LogP contribution in [0.1, 0.15) is 42.5 Å². The number of amides is 2.